The summed E-state index contributed by atoms with van der Waals surface area (Å²) >= 11 is 6.38. The molecule has 2 saturated heterocycles. The Kier molecular flexibility index (Phi) is 6.67. The number of fused-ring (bicyclic) bond motifs is 1. The molecule has 0 aliphatic carbocycles. The highest BCUT2D eigenvalue weighted by Crippen LogP contribution is 2.49. The van der Waals surface area contributed by atoms with E-state index in [9.17, 15) is 15.0 Å². The Labute approximate surface area is 209 Å². The predicted octanol–water partition coefficient (Wildman–Crippen LogP) is 3.64. The monoisotopic (exact) mass is 493 g/mol. The van der Waals surface area contributed by atoms with Crippen LogP contribution in [0.4, 0.5) is 0 Å². The van der Waals surface area contributed by atoms with Crippen LogP contribution in [0.3, 0.4) is 0 Å². The van der Waals surface area contributed by atoms with E-state index < -0.39 is 6.04 Å². The van der Waals surface area contributed by atoms with Crippen LogP contribution in [0.2, 0.25) is 5.02 Å². The number of aliphatic hydroxyl groups excluding tert-OH is 1. The minimum absolute atomic E-state index is 0.0915. The van der Waals surface area contributed by atoms with Crippen LogP contribution in [-0.2, 0) is 11.4 Å². The number of aliphatic hydroxyl groups is 1. The van der Waals surface area contributed by atoms with Gasteiger partial charge in [0, 0.05) is 23.0 Å². The zero-order chi connectivity index (χ0) is 24.5. The van der Waals surface area contributed by atoms with Crippen molar-refractivity contribution in [2.45, 2.75) is 31.7 Å². The van der Waals surface area contributed by atoms with Crippen molar-refractivity contribution < 1.29 is 19.7 Å². The highest BCUT2D eigenvalue weighted by atomic mass is 35.5. The number of nitrogens with one attached hydrogen (secondary N) is 2. The lowest BCUT2D eigenvalue weighted by Crippen LogP contribution is -2.42. The van der Waals surface area contributed by atoms with Gasteiger partial charge in [0.2, 0.25) is 5.91 Å². The van der Waals surface area contributed by atoms with E-state index in [2.05, 4.69) is 10.9 Å². The smallest absolute Gasteiger partial charge is 0.242 e. The van der Waals surface area contributed by atoms with Crippen LogP contribution in [0, 0.1) is 12.8 Å². The molecule has 5 rings (SSSR count). The van der Waals surface area contributed by atoms with Gasteiger partial charge in [-0.1, -0.05) is 54.1 Å². The van der Waals surface area contributed by atoms with Crippen LogP contribution < -0.4 is 15.6 Å². The third-order valence-electron chi connectivity index (χ3n) is 6.87. The van der Waals surface area contributed by atoms with Crippen LogP contribution in [0.5, 0.6) is 11.5 Å². The number of ether oxygens (including phenoxy) is 1. The maximum Gasteiger partial charge on any atom is 0.242 e. The van der Waals surface area contributed by atoms with Gasteiger partial charge in [-0.3, -0.25) is 4.79 Å². The van der Waals surface area contributed by atoms with Gasteiger partial charge in [0.05, 0.1) is 18.7 Å². The Hall–Kier alpha value is -3.10. The van der Waals surface area contributed by atoms with Crippen LogP contribution in [-0.4, -0.2) is 40.2 Å². The average molecular weight is 494 g/mol. The molecule has 2 heterocycles. The van der Waals surface area contributed by atoms with E-state index in [1.54, 1.807) is 17.0 Å². The van der Waals surface area contributed by atoms with E-state index in [4.69, 9.17) is 16.3 Å². The van der Waals surface area contributed by atoms with E-state index in [-0.39, 0.29) is 42.8 Å². The SMILES string of the molecule is Cc1cc(O)c(C2NNC3C(=O)N(CCO)C(c4ccc(OCc5ccccc5)cc4)C32)cc1Cl. The second-order valence-electron chi connectivity index (χ2n) is 9.02. The lowest BCUT2D eigenvalue weighted by atomic mass is 9.83. The number of nitrogens with zero attached hydrogens (tertiary/aromatic N) is 1. The number of β-amino-alcohol motifs (C(OH)–C–C–N with tert-alkyl or cyclic N) is 1. The molecule has 182 valence electrons. The first kappa shape index (κ1) is 23.6. The van der Waals surface area contributed by atoms with Crippen molar-refractivity contribution in [1.29, 1.82) is 0 Å². The van der Waals surface area contributed by atoms with Crippen molar-refractivity contribution in [3.05, 3.63) is 94.0 Å². The molecule has 0 bridgehead atoms. The van der Waals surface area contributed by atoms with Gasteiger partial charge < -0.3 is 19.8 Å². The van der Waals surface area contributed by atoms with E-state index >= 15 is 0 Å². The molecule has 0 aromatic heterocycles. The highest BCUT2D eigenvalue weighted by Gasteiger charge is 2.55. The molecule has 7 nitrogen and oxygen atoms in total. The normalized spacial score (nSPS) is 23.5. The molecular formula is C27H28ClN3O4. The molecule has 2 fully saturated rings. The van der Waals surface area contributed by atoms with Gasteiger partial charge in [0.15, 0.2) is 0 Å². The van der Waals surface area contributed by atoms with Gasteiger partial charge in [0.1, 0.15) is 24.1 Å². The van der Waals surface area contributed by atoms with Crippen molar-refractivity contribution in [3.63, 3.8) is 0 Å². The number of carbonyl (C=O) groups is 1. The van der Waals surface area contributed by atoms with Crippen LogP contribution in [0.1, 0.15) is 34.3 Å². The number of hydrazine groups is 1. The second-order valence-corrected chi connectivity index (χ2v) is 9.43. The van der Waals surface area contributed by atoms with Crippen molar-refractivity contribution in [1.82, 2.24) is 15.8 Å². The minimum atomic E-state index is -0.495. The van der Waals surface area contributed by atoms with E-state index in [1.165, 1.54) is 0 Å². The van der Waals surface area contributed by atoms with Crippen molar-refractivity contribution >= 4 is 17.5 Å². The first-order valence-corrected chi connectivity index (χ1v) is 12.0. The molecule has 0 spiro atoms. The van der Waals surface area contributed by atoms with Crippen LogP contribution >= 0.6 is 11.6 Å². The molecule has 4 unspecified atom stereocenters. The van der Waals surface area contributed by atoms with E-state index in [0.717, 1.165) is 22.4 Å². The van der Waals surface area contributed by atoms with Gasteiger partial charge in [0.25, 0.3) is 0 Å². The maximum atomic E-state index is 13.3. The zero-order valence-electron chi connectivity index (χ0n) is 19.3. The molecule has 2 aliphatic rings. The third-order valence-corrected chi connectivity index (χ3v) is 7.27. The summed E-state index contributed by atoms with van der Waals surface area (Å²) in [7, 11) is 0. The Morgan fingerprint density at radius 2 is 1.74 bits per heavy atom. The topological polar surface area (TPSA) is 94.1 Å². The third kappa shape index (κ3) is 4.48. The summed E-state index contributed by atoms with van der Waals surface area (Å²) in [5, 5.41) is 20.9. The molecule has 0 saturated carbocycles. The number of carbonyl (C=O) groups excluding carboxylic acids is 1. The Morgan fingerprint density at radius 3 is 2.46 bits per heavy atom. The fourth-order valence-corrected chi connectivity index (χ4v) is 5.33. The van der Waals surface area contributed by atoms with Gasteiger partial charge in [-0.05, 0) is 47.9 Å². The molecule has 1 amide bonds. The number of aromatic hydroxyl groups is 1. The molecular weight excluding hydrogens is 466 g/mol. The molecule has 35 heavy (non-hydrogen) atoms. The molecule has 3 aromatic carbocycles. The number of phenols is 1. The molecule has 0 radical (unpaired) electrons. The maximum absolute atomic E-state index is 13.3. The summed E-state index contributed by atoms with van der Waals surface area (Å²) in [6.45, 7) is 2.38. The van der Waals surface area contributed by atoms with Crippen molar-refractivity contribution in [3.8, 4) is 11.5 Å². The minimum Gasteiger partial charge on any atom is -0.508 e. The standard InChI is InChI=1S/C27H28ClN3O4/c1-16-13-22(33)20(14-21(16)28)24-23-25(30-29-24)27(34)31(11-12-32)26(23)18-7-9-19(10-8-18)35-15-17-5-3-2-4-6-17/h2-10,13-14,23-26,29-30,32-33H,11-12,15H2,1H3. The first-order valence-electron chi connectivity index (χ1n) is 11.7. The zero-order valence-corrected chi connectivity index (χ0v) is 20.1. The van der Waals surface area contributed by atoms with Gasteiger partial charge in [-0.25, -0.2) is 10.9 Å². The van der Waals surface area contributed by atoms with Gasteiger partial charge in [-0.15, -0.1) is 0 Å². The summed E-state index contributed by atoms with van der Waals surface area (Å²) in [5.41, 5.74) is 9.74. The molecule has 8 heteroatoms. The summed E-state index contributed by atoms with van der Waals surface area (Å²) in [6.07, 6.45) is 0. The molecule has 3 aromatic rings. The Morgan fingerprint density at radius 1 is 1.03 bits per heavy atom. The van der Waals surface area contributed by atoms with Crippen LogP contribution in [0.25, 0.3) is 0 Å². The summed E-state index contributed by atoms with van der Waals surface area (Å²) in [5.74, 6) is 0.540. The lowest BCUT2D eigenvalue weighted by Gasteiger charge is -2.31. The summed E-state index contributed by atoms with van der Waals surface area (Å²) < 4.78 is 5.93. The number of phenolic OH excluding ortho intramolecular Hbond substituents is 1. The number of amides is 1. The molecule has 2 aliphatic heterocycles. The van der Waals surface area contributed by atoms with Crippen molar-refractivity contribution in [2.75, 3.05) is 13.2 Å². The molecule has 4 N–H and O–H groups in total. The Balaban J connectivity index is 1.44. The Bertz CT molecular complexity index is 1210. The number of likely N-dealkylation sites (tertiary alicyclic amines) is 1. The average Bonchev–Trinajstić information content (AvgIpc) is 3.40. The lowest BCUT2D eigenvalue weighted by molar-refractivity contribution is -0.131. The predicted molar refractivity (Wildman–Crippen MR) is 133 cm³/mol. The van der Waals surface area contributed by atoms with E-state index in [0.29, 0.717) is 17.2 Å². The largest absolute Gasteiger partial charge is 0.508 e. The highest BCUT2D eigenvalue weighted by molar-refractivity contribution is 6.31. The number of hydrogen-bond donors (Lipinski definition) is 4. The number of aryl methyl sites for hydroxylation is 1. The first-order chi connectivity index (χ1) is 17.0. The van der Waals surface area contributed by atoms with E-state index in [1.807, 2.05) is 61.5 Å². The second kappa shape index (κ2) is 9.87. The summed E-state index contributed by atoms with van der Waals surface area (Å²) in [6, 6.07) is 19.9. The number of halogens is 1. The van der Waals surface area contributed by atoms with Gasteiger partial charge in [-0.2, -0.15) is 0 Å². The number of rotatable bonds is 7. The number of benzene rings is 3. The number of hydrogen-bond acceptors (Lipinski definition) is 6. The fraction of sp³-hybridized carbons (Fsp3) is 0.296. The van der Waals surface area contributed by atoms with Crippen molar-refractivity contribution in [2.24, 2.45) is 5.92 Å². The van der Waals surface area contributed by atoms with Gasteiger partial charge >= 0.3 is 0 Å². The fourth-order valence-electron chi connectivity index (χ4n) is 5.16. The molecule has 4 atom stereocenters. The quantitative estimate of drug-likeness (QED) is 0.401. The van der Waals surface area contributed by atoms with Crippen LogP contribution in [0.15, 0.2) is 66.7 Å². The summed E-state index contributed by atoms with van der Waals surface area (Å²) in [4.78, 5) is 15.0.